The molecule has 8 nitrogen and oxygen atoms in total. The maximum Gasteiger partial charge on any atom is 0.308 e. The molecule has 0 aliphatic heterocycles. The second kappa shape index (κ2) is 12.3. The highest BCUT2D eigenvalue weighted by Gasteiger charge is 2.18. The fourth-order valence-electron chi connectivity index (χ4n) is 3.44. The Morgan fingerprint density at radius 1 is 1.03 bits per heavy atom. The van der Waals surface area contributed by atoms with Gasteiger partial charge in [0.2, 0.25) is 0 Å². The van der Waals surface area contributed by atoms with Crippen LogP contribution in [-0.2, 0) is 11.3 Å². The summed E-state index contributed by atoms with van der Waals surface area (Å²) in [6.45, 7) is 12.4. The minimum Gasteiger partial charge on any atom is -0.481 e. The Kier molecular flexibility index (Phi) is 9.14. The lowest BCUT2D eigenvalue weighted by Gasteiger charge is -2.17. The van der Waals surface area contributed by atoms with Crippen molar-refractivity contribution >= 4 is 29.2 Å². The first-order valence-corrected chi connectivity index (χ1v) is 12.4. The van der Waals surface area contributed by atoms with Gasteiger partial charge in [0.05, 0.1) is 22.8 Å². The number of nitrogens with one attached hydrogen (secondary N) is 2. The molecule has 0 amide bonds. The number of aromatic nitrogens is 4. The number of rotatable bonds is 7. The van der Waals surface area contributed by atoms with Crippen molar-refractivity contribution in [2.45, 2.75) is 41.2 Å². The van der Waals surface area contributed by atoms with E-state index >= 15 is 0 Å². The highest BCUT2D eigenvalue weighted by Crippen LogP contribution is 2.22. The zero-order chi connectivity index (χ0) is 27.0. The van der Waals surface area contributed by atoms with Crippen LogP contribution in [0, 0.1) is 5.41 Å². The molecule has 4 rings (SSSR count). The van der Waals surface area contributed by atoms with Gasteiger partial charge in [-0.05, 0) is 69.3 Å². The second-order valence-corrected chi connectivity index (χ2v) is 9.74. The minimum atomic E-state index is -0.757. The Balaban J connectivity index is 0.000000479. The van der Waals surface area contributed by atoms with Crippen LogP contribution in [0.3, 0.4) is 0 Å². The molecule has 3 heterocycles. The van der Waals surface area contributed by atoms with E-state index in [-0.39, 0.29) is 5.56 Å². The summed E-state index contributed by atoms with van der Waals surface area (Å²) in [5, 5.41) is 8.80. The Morgan fingerprint density at radius 2 is 1.70 bits per heavy atom. The Labute approximate surface area is 217 Å². The standard InChI is InChI=1S/C24H25N5O.C5H10O2/c1-3-29(4-2)15-18-7-5-17(6-8-18)9-10-20-13-19(11-12-25-20)22-14-21-23(28-22)26-16-27-24(21)30;1-5(2,3)4(6)7/h5-14,16H,3-4,15H2,1-2H3,(H2,26,27,28,30);1-3H3,(H,6,7)/b10-9+;. The highest BCUT2D eigenvalue weighted by molar-refractivity contribution is 5.82. The molecule has 0 unspecified atom stereocenters. The number of hydrogen-bond donors (Lipinski definition) is 3. The number of carboxylic acid groups (broad SMARTS) is 1. The number of H-pyrrole nitrogens is 2. The van der Waals surface area contributed by atoms with E-state index in [1.54, 1.807) is 27.0 Å². The third kappa shape index (κ3) is 7.72. The molecule has 37 heavy (non-hydrogen) atoms. The minimum absolute atomic E-state index is 0.152. The average Bonchev–Trinajstić information content (AvgIpc) is 3.33. The molecule has 0 radical (unpaired) electrons. The summed E-state index contributed by atoms with van der Waals surface area (Å²) in [5.41, 5.74) is 4.93. The van der Waals surface area contributed by atoms with Crippen molar-refractivity contribution in [3.05, 3.63) is 82.2 Å². The number of aromatic amines is 2. The molecular formula is C29H35N5O3. The lowest BCUT2D eigenvalue weighted by molar-refractivity contribution is -0.145. The number of fused-ring (bicyclic) bond motifs is 1. The topological polar surface area (TPSA) is 115 Å². The smallest absolute Gasteiger partial charge is 0.308 e. The van der Waals surface area contributed by atoms with E-state index < -0.39 is 11.4 Å². The van der Waals surface area contributed by atoms with Crippen LogP contribution in [0.4, 0.5) is 0 Å². The SMILES string of the molecule is CC(C)(C)C(=O)O.CCN(CC)Cc1ccc(/C=C/c2cc(-c3cc4c(=O)[nH]cnc4[nH]3)ccn2)cc1. The monoisotopic (exact) mass is 501 g/mol. The van der Waals surface area contributed by atoms with Crippen LogP contribution in [0.1, 0.15) is 51.4 Å². The summed E-state index contributed by atoms with van der Waals surface area (Å²) >= 11 is 0. The molecule has 194 valence electrons. The van der Waals surface area contributed by atoms with Gasteiger partial charge in [-0.25, -0.2) is 4.98 Å². The fraction of sp³-hybridized carbons (Fsp3) is 0.310. The molecule has 1 aromatic carbocycles. The molecule has 0 spiro atoms. The van der Waals surface area contributed by atoms with Crippen LogP contribution in [-0.4, -0.2) is 49.0 Å². The lowest BCUT2D eigenvalue weighted by atomic mass is 9.98. The largest absolute Gasteiger partial charge is 0.481 e. The van der Waals surface area contributed by atoms with Gasteiger partial charge in [-0.2, -0.15) is 0 Å². The van der Waals surface area contributed by atoms with Crippen molar-refractivity contribution in [2.75, 3.05) is 13.1 Å². The molecule has 0 fully saturated rings. The summed E-state index contributed by atoms with van der Waals surface area (Å²) in [5.74, 6) is -0.757. The molecule has 0 saturated heterocycles. The van der Waals surface area contributed by atoms with Gasteiger partial charge >= 0.3 is 5.97 Å². The Hall–Kier alpha value is -4.04. The first kappa shape index (κ1) is 27.5. The zero-order valence-corrected chi connectivity index (χ0v) is 22.1. The van der Waals surface area contributed by atoms with Gasteiger partial charge in [-0.15, -0.1) is 0 Å². The number of aliphatic carboxylic acids is 1. The second-order valence-electron chi connectivity index (χ2n) is 9.74. The fourth-order valence-corrected chi connectivity index (χ4v) is 3.44. The molecular weight excluding hydrogens is 466 g/mol. The molecule has 0 atom stereocenters. The molecule has 3 aromatic heterocycles. The third-order valence-corrected chi connectivity index (χ3v) is 5.89. The van der Waals surface area contributed by atoms with Gasteiger partial charge in [0.25, 0.3) is 5.56 Å². The maximum atomic E-state index is 11.9. The van der Waals surface area contributed by atoms with Crippen LogP contribution in [0.5, 0.6) is 0 Å². The lowest BCUT2D eigenvalue weighted by Crippen LogP contribution is -2.21. The number of benzene rings is 1. The quantitative estimate of drug-likeness (QED) is 0.310. The summed E-state index contributed by atoms with van der Waals surface area (Å²) in [7, 11) is 0. The van der Waals surface area contributed by atoms with Gasteiger partial charge in [0, 0.05) is 24.0 Å². The van der Waals surface area contributed by atoms with E-state index in [0.29, 0.717) is 11.0 Å². The number of carbonyl (C=O) groups is 1. The average molecular weight is 502 g/mol. The maximum absolute atomic E-state index is 11.9. The van der Waals surface area contributed by atoms with Gasteiger partial charge in [0.15, 0.2) is 0 Å². The highest BCUT2D eigenvalue weighted by atomic mass is 16.4. The van der Waals surface area contributed by atoms with E-state index in [2.05, 4.69) is 69.0 Å². The first-order valence-electron chi connectivity index (χ1n) is 12.4. The van der Waals surface area contributed by atoms with Crippen molar-refractivity contribution in [3.8, 4) is 11.3 Å². The summed E-state index contributed by atoms with van der Waals surface area (Å²) in [6.07, 6.45) is 7.23. The van der Waals surface area contributed by atoms with Crippen LogP contribution in [0.25, 0.3) is 34.4 Å². The Bertz CT molecular complexity index is 1410. The number of pyridine rings is 1. The van der Waals surface area contributed by atoms with Crippen molar-refractivity contribution in [3.63, 3.8) is 0 Å². The van der Waals surface area contributed by atoms with E-state index in [9.17, 15) is 9.59 Å². The van der Waals surface area contributed by atoms with Gasteiger partial charge in [-0.1, -0.05) is 44.2 Å². The van der Waals surface area contributed by atoms with Crippen molar-refractivity contribution < 1.29 is 9.90 Å². The van der Waals surface area contributed by atoms with E-state index in [0.717, 1.165) is 42.1 Å². The number of hydrogen-bond acceptors (Lipinski definition) is 5. The molecule has 8 heteroatoms. The van der Waals surface area contributed by atoms with E-state index in [1.165, 1.54) is 11.9 Å². The van der Waals surface area contributed by atoms with Gasteiger partial charge in [-0.3, -0.25) is 19.5 Å². The van der Waals surface area contributed by atoms with Crippen LogP contribution in [0.2, 0.25) is 0 Å². The van der Waals surface area contributed by atoms with E-state index in [4.69, 9.17) is 5.11 Å². The van der Waals surface area contributed by atoms with Gasteiger partial charge in [0.1, 0.15) is 5.65 Å². The predicted molar refractivity (Wildman–Crippen MR) is 149 cm³/mol. The third-order valence-electron chi connectivity index (χ3n) is 5.89. The van der Waals surface area contributed by atoms with Crippen molar-refractivity contribution in [2.24, 2.45) is 5.41 Å². The molecule has 3 N–H and O–H groups in total. The molecule has 4 aromatic rings. The number of carboxylic acids is 1. The van der Waals surface area contributed by atoms with Crippen molar-refractivity contribution in [1.82, 2.24) is 24.8 Å². The molecule has 0 aliphatic carbocycles. The zero-order valence-electron chi connectivity index (χ0n) is 22.1. The van der Waals surface area contributed by atoms with E-state index in [1.807, 2.05) is 24.3 Å². The first-order chi connectivity index (χ1) is 17.6. The van der Waals surface area contributed by atoms with Gasteiger partial charge < -0.3 is 15.1 Å². The summed E-state index contributed by atoms with van der Waals surface area (Å²) in [4.78, 5) is 38.8. The van der Waals surface area contributed by atoms with Crippen molar-refractivity contribution in [1.29, 1.82) is 0 Å². The molecule has 0 saturated carbocycles. The predicted octanol–water partition coefficient (Wildman–Crippen LogP) is 5.44. The molecule has 0 bridgehead atoms. The van der Waals surface area contributed by atoms with Crippen LogP contribution < -0.4 is 5.56 Å². The normalized spacial score (nSPS) is 11.6. The summed E-state index contributed by atoms with van der Waals surface area (Å²) in [6, 6.07) is 14.3. The Morgan fingerprint density at radius 3 is 2.30 bits per heavy atom. The molecule has 0 aliphatic rings. The van der Waals surface area contributed by atoms with Crippen LogP contribution in [0.15, 0.2) is 59.8 Å². The van der Waals surface area contributed by atoms with Crippen LogP contribution >= 0.6 is 0 Å². The number of nitrogens with zero attached hydrogens (tertiary/aromatic N) is 3. The summed E-state index contributed by atoms with van der Waals surface area (Å²) < 4.78 is 0.